The lowest BCUT2D eigenvalue weighted by atomic mass is 10.2. The van der Waals surface area contributed by atoms with Gasteiger partial charge < -0.3 is 0 Å². The molecule has 0 saturated heterocycles. The summed E-state index contributed by atoms with van der Waals surface area (Å²) in [4.78, 5) is 12.3. The van der Waals surface area contributed by atoms with Gasteiger partial charge in [0.1, 0.15) is 5.01 Å². The van der Waals surface area contributed by atoms with Gasteiger partial charge in [0.15, 0.2) is 0 Å². The summed E-state index contributed by atoms with van der Waals surface area (Å²) in [5.74, 6) is 0. The Kier molecular flexibility index (Phi) is 4.20. The van der Waals surface area contributed by atoms with Crippen LogP contribution >= 0.6 is 22.7 Å². The molecule has 3 rings (SSSR count). The van der Waals surface area contributed by atoms with Gasteiger partial charge in [-0.3, -0.25) is 9.88 Å². The molecule has 3 nitrogen and oxygen atoms in total. The second-order valence-corrected chi connectivity index (χ2v) is 6.45. The first-order chi connectivity index (χ1) is 9.81. The molecule has 0 aliphatic heterocycles. The third-order valence-corrected chi connectivity index (χ3v) is 4.85. The van der Waals surface area contributed by atoms with Crippen LogP contribution in [-0.2, 0) is 13.1 Å². The fourth-order valence-electron chi connectivity index (χ4n) is 2.03. The van der Waals surface area contributed by atoms with E-state index >= 15 is 0 Å². The molecular formula is C15H15N3S2. The van der Waals surface area contributed by atoms with Gasteiger partial charge in [-0.1, -0.05) is 6.07 Å². The lowest BCUT2D eigenvalue weighted by Crippen LogP contribution is -2.17. The third-order valence-electron chi connectivity index (χ3n) is 2.92. The topological polar surface area (TPSA) is 29.0 Å². The molecule has 0 atom stereocenters. The fourth-order valence-corrected chi connectivity index (χ4v) is 3.65. The van der Waals surface area contributed by atoms with Crippen LogP contribution in [0.25, 0.3) is 9.88 Å². The predicted octanol–water partition coefficient (Wildman–Crippen LogP) is 3.90. The summed E-state index contributed by atoms with van der Waals surface area (Å²) < 4.78 is 0. The Labute approximate surface area is 126 Å². The third kappa shape index (κ3) is 3.30. The molecule has 0 N–H and O–H groups in total. The molecule has 0 unspecified atom stereocenters. The molecule has 3 heterocycles. The molecule has 0 spiro atoms. The van der Waals surface area contributed by atoms with Crippen molar-refractivity contribution in [2.24, 2.45) is 0 Å². The van der Waals surface area contributed by atoms with E-state index in [0.717, 1.165) is 23.8 Å². The second kappa shape index (κ2) is 6.26. The Morgan fingerprint density at radius 2 is 1.95 bits per heavy atom. The number of hydrogen-bond acceptors (Lipinski definition) is 5. The standard InChI is InChI=1S/C15H15N3S2/c1-18(9-12-4-6-16-7-5-12)10-13-11-20-15(17-13)14-3-2-8-19-14/h2-8,11H,9-10H2,1H3. The smallest absolute Gasteiger partial charge is 0.133 e. The summed E-state index contributed by atoms with van der Waals surface area (Å²) in [6, 6.07) is 8.29. The number of nitrogens with zero attached hydrogens (tertiary/aromatic N) is 3. The normalized spacial score (nSPS) is 11.1. The van der Waals surface area contributed by atoms with Gasteiger partial charge in [0, 0.05) is 30.9 Å². The Hall–Kier alpha value is -1.56. The van der Waals surface area contributed by atoms with Crippen molar-refractivity contribution in [3.8, 4) is 9.88 Å². The number of aromatic nitrogens is 2. The second-order valence-electron chi connectivity index (χ2n) is 4.65. The van der Waals surface area contributed by atoms with Crippen LogP contribution in [0.5, 0.6) is 0 Å². The highest BCUT2D eigenvalue weighted by molar-refractivity contribution is 7.20. The predicted molar refractivity (Wildman–Crippen MR) is 84.8 cm³/mol. The molecule has 0 aliphatic carbocycles. The first kappa shape index (κ1) is 13.4. The fraction of sp³-hybridized carbons (Fsp3) is 0.200. The lowest BCUT2D eigenvalue weighted by Gasteiger charge is -2.14. The van der Waals surface area contributed by atoms with E-state index < -0.39 is 0 Å². The van der Waals surface area contributed by atoms with E-state index in [1.165, 1.54) is 10.4 Å². The molecule has 3 aromatic rings. The first-order valence-electron chi connectivity index (χ1n) is 6.37. The molecule has 0 radical (unpaired) electrons. The van der Waals surface area contributed by atoms with Crippen molar-refractivity contribution in [3.63, 3.8) is 0 Å². The van der Waals surface area contributed by atoms with Gasteiger partial charge in [0.05, 0.1) is 10.6 Å². The Morgan fingerprint density at radius 1 is 1.10 bits per heavy atom. The highest BCUT2D eigenvalue weighted by Gasteiger charge is 2.08. The molecular weight excluding hydrogens is 286 g/mol. The van der Waals surface area contributed by atoms with E-state index in [1.807, 2.05) is 12.4 Å². The number of rotatable bonds is 5. The maximum atomic E-state index is 4.71. The van der Waals surface area contributed by atoms with Gasteiger partial charge in [-0.05, 0) is 36.2 Å². The summed E-state index contributed by atoms with van der Waals surface area (Å²) in [5, 5.41) is 5.36. The van der Waals surface area contributed by atoms with E-state index in [4.69, 9.17) is 4.98 Å². The van der Waals surface area contributed by atoms with Crippen molar-refractivity contribution < 1.29 is 0 Å². The van der Waals surface area contributed by atoms with Crippen LogP contribution in [0.1, 0.15) is 11.3 Å². The highest BCUT2D eigenvalue weighted by Crippen LogP contribution is 2.28. The maximum absolute atomic E-state index is 4.71. The zero-order chi connectivity index (χ0) is 13.8. The molecule has 102 valence electrons. The van der Waals surface area contributed by atoms with Crippen LogP contribution in [0.2, 0.25) is 0 Å². The van der Waals surface area contributed by atoms with Crippen molar-refractivity contribution in [2.75, 3.05) is 7.05 Å². The average molecular weight is 301 g/mol. The molecule has 0 bridgehead atoms. The first-order valence-corrected chi connectivity index (χ1v) is 8.13. The average Bonchev–Trinajstić information content (AvgIpc) is 3.10. The monoisotopic (exact) mass is 301 g/mol. The Bertz CT molecular complexity index is 647. The SMILES string of the molecule is CN(Cc1ccncc1)Cc1csc(-c2cccs2)n1. The quantitative estimate of drug-likeness (QED) is 0.715. The van der Waals surface area contributed by atoms with Crippen LogP contribution in [0.3, 0.4) is 0 Å². The summed E-state index contributed by atoms with van der Waals surface area (Å²) in [5.41, 5.74) is 2.41. The van der Waals surface area contributed by atoms with Crippen molar-refractivity contribution in [1.29, 1.82) is 0 Å². The Morgan fingerprint density at radius 3 is 2.70 bits per heavy atom. The van der Waals surface area contributed by atoms with Gasteiger partial charge in [0.25, 0.3) is 0 Å². The van der Waals surface area contributed by atoms with Crippen LogP contribution in [0, 0.1) is 0 Å². The molecule has 5 heteroatoms. The van der Waals surface area contributed by atoms with Crippen LogP contribution in [0.4, 0.5) is 0 Å². The number of thiophene rings is 1. The molecule has 0 amide bonds. The number of hydrogen-bond donors (Lipinski definition) is 0. The van der Waals surface area contributed by atoms with E-state index in [9.17, 15) is 0 Å². The number of thiazole rings is 1. The van der Waals surface area contributed by atoms with E-state index in [0.29, 0.717) is 0 Å². The molecule has 0 aliphatic rings. The zero-order valence-corrected chi connectivity index (χ0v) is 12.8. The van der Waals surface area contributed by atoms with Gasteiger partial charge in [-0.15, -0.1) is 22.7 Å². The van der Waals surface area contributed by atoms with Crippen molar-refractivity contribution in [2.45, 2.75) is 13.1 Å². The highest BCUT2D eigenvalue weighted by atomic mass is 32.1. The molecule has 3 aromatic heterocycles. The zero-order valence-electron chi connectivity index (χ0n) is 11.2. The van der Waals surface area contributed by atoms with E-state index in [2.05, 4.69) is 52.0 Å². The van der Waals surface area contributed by atoms with Crippen LogP contribution in [-0.4, -0.2) is 21.9 Å². The Balaban J connectivity index is 1.63. The summed E-state index contributed by atoms with van der Waals surface area (Å²) in [6.07, 6.45) is 3.67. The minimum atomic E-state index is 0.865. The number of pyridine rings is 1. The van der Waals surface area contributed by atoms with Crippen LogP contribution < -0.4 is 0 Å². The van der Waals surface area contributed by atoms with Gasteiger partial charge in [-0.25, -0.2) is 4.98 Å². The van der Waals surface area contributed by atoms with Crippen LogP contribution in [0.15, 0.2) is 47.4 Å². The molecule has 0 saturated carbocycles. The molecule has 20 heavy (non-hydrogen) atoms. The van der Waals surface area contributed by atoms with Gasteiger partial charge >= 0.3 is 0 Å². The molecule has 0 fully saturated rings. The van der Waals surface area contributed by atoms with Crippen molar-refractivity contribution in [3.05, 3.63) is 58.7 Å². The minimum Gasteiger partial charge on any atom is -0.296 e. The maximum Gasteiger partial charge on any atom is 0.133 e. The summed E-state index contributed by atoms with van der Waals surface area (Å²) in [7, 11) is 2.12. The van der Waals surface area contributed by atoms with E-state index in [-0.39, 0.29) is 0 Å². The summed E-state index contributed by atoms with van der Waals surface area (Å²) in [6.45, 7) is 1.78. The van der Waals surface area contributed by atoms with Crippen molar-refractivity contribution in [1.82, 2.24) is 14.9 Å². The molecule has 0 aromatic carbocycles. The van der Waals surface area contributed by atoms with E-state index in [1.54, 1.807) is 22.7 Å². The van der Waals surface area contributed by atoms with Crippen molar-refractivity contribution >= 4 is 22.7 Å². The van der Waals surface area contributed by atoms with Gasteiger partial charge in [0.2, 0.25) is 0 Å². The summed E-state index contributed by atoms with van der Waals surface area (Å²) >= 11 is 3.46. The lowest BCUT2D eigenvalue weighted by molar-refractivity contribution is 0.316. The van der Waals surface area contributed by atoms with Gasteiger partial charge in [-0.2, -0.15) is 0 Å². The minimum absolute atomic E-state index is 0.865. The largest absolute Gasteiger partial charge is 0.296 e.